The average Bonchev–Trinajstić information content (AvgIpc) is 3.23. The van der Waals surface area contributed by atoms with Crippen LogP contribution in [0.4, 0.5) is 0 Å². The van der Waals surface area contributed by atoms with Gasteiger partial charge in [0.25, 0.3) is 0 Å². The molecule has 46 heavy (non-hydrogen) atoms. The van der Waals surface area contributed by atoms with Gasteiger partial charge in [0, 0.05) is 23.8 Å². The van der Waals surface area contributed by atoms with Gasteiger partial charge in [0.15, 0.2) is 6.29 Å². The summed E-state index contributed by atoms with van der Waals surface area (Å²) >= 11 is 0. The van der Waals surface area contributed by atoms with Crippen molar-refractivity contribution in [3.05, 3.63) is 22.8 Å². The van der Waals surface area contributed by atoms with E-state index in [1.165, 1.54) is 6.92 Å². The van der Waals surface area contributed by atoms with E-state index in [0.29, 0.717) is 31.3 Å². The fraction of sp³-hybridized carbons (Fsp3) is 0.824. The molecule has 4 aliphatic carbocycles. The largest absolute Gasteiger partial charge is 0.455 e. The molecule has 258 valence electrons. The molecule has 1 saturated heterocycles. The number of aliphatic hydroxyl groups is 7. The van der Waals surface area contributed by atoms with Gasteiger partial charge in [-0.1, -0.05) is 24.1 Å². The van der Waals surface area contributed by atoms with Crippen LogP contribution in [0.2, 0.25) is 0 Å². The quantitative estimate of drug-likeness (QED) is 0.161. The minimum atomic E-state index is -1.86. The first kappa shape index (κ1) is 34.1. The molecular formula is C34H50O12. The number of ketones is 1. The molecule has 0 aromatic heterocycles. The Morgan fingerprint density at radius 3 is 2.33 bits per heavy atom. The molecule has 3 saturated carbocycles. The number of cyclic esters (lactones) is 1. The number of Topliss-reactive ketones (excluding diaryl/α,β-unsaturated/α-hetero) is 1. The monoisotopic (exact) mass is 650 g/mol. The van der Waals surface area contributed by atoms with Gasteiger partial charge >= 0.3 is 5.97 Å². The Labute approximate surface area is 269 Å². The number of fused-ring (bicyclic) bond motifs is 5. The molecule has 2 aliphatic heterocycles. The van der Waals surface area contributed by atoms with E-state index in [2.05, 4.69) is 0 Å². The first-order valence-electron chi connectivity index (χ1n) is 16.6. The van der Waals surface area contributed by atoms with Gasteiger partial charge in [-0.15, -0.1) is 0 Å². The molecule has 12 heteroatoms. The molecular weight excluding hydrogens is 600 g/mol. The van der Waals surface area contributed by atoms with Crippen LogP contribution in [-0.2, 0) is 23.8 Å². The van der Waals surface area contributed by atoms with E-state index in [0.717, 1.165) is 11.1 Å². The van der Waals surface area contributed by atoms with Crippen molar-refractivity contribution in [1.82, 2.24) is 0 Å². The van der Waals surface area contributed by atoms with Crippen molar-refractivity contribution in [3.63, 3.8) is 0 Å². The average molecular weight is 651 g/mol. The molecule has 6 aliphatic rings. The highest BCUT2D eigenvalue weighted by atomic mass is 16.7. The third-order valence-electron chi connectivity index (χ3n) is 13.6. The molecule has 0 aromatic rings. The van der Waals surface area contributed by atoms with Gasteiger partial charge in [0.1, 0.15) is 47.5 Å². The molecule has 12 nitrogen and oxygen atoms in total. The summed E-state index contributed by atoms with van der Waals surface area (Å²) < 4.78 is 17.2. The van der Waals surface area contributed by atoms with Crippen LogP contribution in [0.1, 0.15) is 86.0 Å². The zero-order valence-corrected chi connectivity index (χ0v) is 27.3. The Morgan fingerprint density at radius 1 is 0.978 bits per heavy atom. The van der Waals surface area contributed by atoms with Crippen LogP contribution in [0.25, 0.3) is 0 Å². The topological polar surface area (TPSA) is 203 Å². The number of carbonyl (C=O) groups is 2. The lowest BCUT2D eigenvalue weighted by atomic mass is 9.44. The lowest BCUT2D eigenvalue weighted by Crippen LogP contribution is -2.72. The van der Waals surface area contributed by atoms with Gasteiger partial charge in [-0.25, -0.2) is 4.79 Å². The standard InChI is InChI=1S/C34H50O12/c1-16-12-24(46-28(40)17(16)2)32(5,41)34(43)11-10-33(42)21-7-6-18-13-19(44-29-27(39)26(38)25(37)22(15-35)45-29)14-23(36)31(18,4)20(21)8-9-30(33,34)3/h6,19-22,24-27,29,35,37-39,41-43H,7-15H2,1-5H3/t19-,20+,21-,22-,24+,25-,26+,27-,29-,30+,31+,32+,33-,34+/m1/s1. The van der Waals surface area contributed by atoms with Crippen LogP contribution in [0.15, 0.2) is 22.8 Å². The fourth-order valence-electron chi connectivity index (χ4n) is 10.2. The summed E-state index contributed by atoms with van der Waals surface area (Å²) in [6.07, 6.45) is -4.59. The van der Waals surface area contributed by atoms with Gasteiger partial charge in [-0.05, 0) is 78.1 Å². The molecule has 4 fully saturated rings. The van der Waals surface area contributed by atoms with Crippen molar-refractivity contribution in [2.24, 2.45) is 22.7 Å². The molecule has 0 amide bonds. The normalized spacial score (nSPS) is 50.6. The summed E-state index contributed by atoms with van der Waals surface area (Å²) in [6, 6.07) is 0. The van der Waals surface area contributed by atoms with Crippen LogP contribution in [0, 0.1) is 22.7 Å². The summed E-state index contributed by atoms with van der Waals surface area (Å²) in [5.74, 6) is -1.23. The smallest absolute Gasteiger partial charge is 0.334 e. The van der Waals surface area contributed by atoms with E-state index in [-0.39, 0.29) is 43.3 Å². The van der Waals surface area contributed by atoms with E-state index in [1.807, 2.05) is 26.8 Å². The Hall–Kier alpha value is -1.74. The second-order valence-electron chi connectivity index (χ2n) is 15.5. The number of ether oxygens (including phenoxy) is 3. The number of rotatable bonds is 5. The minimum Gasteiger partial charge on any atom is -0.455 e. The van der Waals surface area contributed by atoms with E-state index >= 15 is 0 Å². The lowest BCUT2D eigenvalue weighted by Gasteiger charge is -2.63. The molecule has 0 bridgehead atoms. The third-order valence-corrected chi connectivity index (χ3v) is 13.6. The van der Waals surface area contributed by atoms with Crippen molar-refractivity contribution in [2.45, 2.75) is 146 Å². The molecule has 0 aromatic carbocycles. The van der Waals surface area contributed by atoms with Gasteiger partial charge in [-0.2, -0.15) is 0 Å². The second-order valence-corrected chi connectivity index (χ2v) is 15.5. The van der Waals surface area contributed by atoms with Gasteiger partial charge in [0.2, 0.25) is 0 Å². The molecule has 14 atom stereocenters. The van der Waals surface area contributed by atoms with Gasteiger partial charge in [0.05, 0.1) is 23.7 Å². The van der Waals surface area contributed by atoms with Crippen LogP contribution in [-0.4, -0.2) is 114 Å². The first-order chi connectivity index (χ1) is 21.4. The molecule has 2 heterocycles. The van der Waals surface area contributed by atoms with Crippen molar-refractivity contribution in [1.29, 1.82) is 0 Å². The minimum absolute atomic E-state index is 0.000240. The summed E-state index contributed by atoms with van der Waals surface area (Å²) in [5.41, 5.74) is -4.97. The highest BCUT2D eigenvalue weighted by molar-refractivity contribution is 5.90. The number of allylic oxidation sites excluding steroid dienone is 1. The Kier molecular flexibility index (Phi) is 8.27. The molecule has 0 radical (unpaired) electrons. The van der Waals surface area contributed by atoms with Crippen molar-refractivity contribution in [2.75, 3.05) is 6.61 Å². The maximum absolute atomic E-state index is 14.1. The van der Waals surface area contributed by atoms with Crippen LogP contribution >= 0.6 is 0 Å². The Balaban J connectivity index is 1.25. The number of hydrogen-bond donors (Lipinski definition) is 7. The van der Waals surface area contributed by atoms with Crippen LogP contribution < -0.4 is 0 Å². The highest BCUT2D eigenvalue weighted by Crippen LogP contribution is 2.70. The first-order valence-corrected chi connectivity index (χ1v) is 16.6. The van der Waals surface area contributed by atoms with Crippen molar-refractivity contribution >= 4 is 11.8 Å². The van der Waals surface area contributed by atoms with Gasteiger partial charge < -0.3 is 50.0 Å². The zero-order chi connectivity index (χ0) is 33.8. The number of aliphatic hydroxyl groups excluding tert-OH is 4. The number of carbonyl (C=O) groups excluding carboxylic acids is 2. The van der Waals surface area contributed by atoms with Crippen LogP contribution in [0.3, 0.4) is 0 Å². The number of esters is 1. The molecule has 7 N–H and O–H groups in total. The molecule has 6 rings (SSSR count). The maximum Gasteiger partial charge on any atom is 0.334 e. The zero-order valence-electron chi connectivity index (χ0n) is 27.3. The van der Waals surface area contributed by atoms with Crippen molar-refractivity contribution < 1.29 is 59.5 Å². The molecule has 0 unspecified atom stereocenters. The fourth-order valence-corrected chi connectivity index (χ4v) is 10.2. The van der Waals surface area contributed by atoms with Gasteiger partial charge in [-0.3, -0.25) is 4.79 Å². The van der Waals surface area contributed by atoms with E-state index in [4.69, 9.17) is 14.2 Å². The van der Waals surface area contributed by atoms with Crippen LogP contribution in [0.5, 0.6) is 0 Å². The summed E-state index contributed by atoms with van der Waals surface area (Å²) in [7, 11) is 0. The predicted octanol–water partition coefficient (Wildman–Crippen LogP) is 0.562. The Bertz CT molecular complexity index is 1340. The lowest BCUT2D eigenvalue weighted by molar-refractivity contribution is -0.312. The Morgan fingerprint density at radius 2 is 1.67 bits per heavy atom. The SMILES string of the molecule is CC1=C(C)C(=O)O[C@H]([C@](C)(O)[C@]2(O)CC[C@@]3(O)[C@@H]4CC=C5C[C@@H](O[C@@H]6O[C@H](CO)[C@@H](O)[C@H](O)[C@H]6O)CC(=O)[C@]5(C)[C@H]4CC[C@]23C)C1. The summed E-state index contributed by atoms with van der Waals surface area (Å²) in [6.45, 7) is 8.13. The third kappa shape index (κ3) is 4.44. The summed E-state index contributed by atoms with van der Waals surface area (Å²) in [5, 5.41) is 77.5. The maximum atomic E-state index is 14.1. The number of hydrogen-bond acceptors (Lipinski definition) is 12. The van der Waals surface area contributed by atoms with E-state index < -0.39 is 83.1 Å². The highest BCUT2D eigenvalue weighted by Gasteiger charge is 2.76. The second kappa shape index (κ2) is 11.1. The van der Waals surface area contributed by atoms with Crippen molar-refractivity contribution in [3.8, 4) is 0 Å². The van der Waals surface area contributed by atoms with E-state index in [9.17, 15) is 45.3 Å². The molecule has 0 spiro atoms. The van der Waals surface area contributed by atoms with E-state index in [1.54, 1.807) is 6.92 Å². The summed E-state index contributed by atoms with van der Waals surface area (Å²) in [4.78, 5) is 26.6. The predicted molar refractivity (Wildman–Crippen MR) is 161 cm³/mol.